The number of aryl methyl sites for hydroxylation is 2. The number of fused-ring (bicyclic) bond motifs is 1. The topological polar surface area (TPSA) is 192 Å². The molecule has 57 heavy (non-hydrogen) atoms. The van der Waals surface area contributed by atoms with Gasteiger partial charge in [-0.15, -0.1) is 0 Å². The molecule has 0 bridgehead atoms. The Morgan fingerprint density at radius 1 is 0.982 bits per heavy atom. The number of hydrogen-bond acceptors (Lipinski definition) is 13. The molecule has 296 valence electrons. The summed E-state index contributed by atoms with van der Waals surface area (Å²) in [5.74, 6) is -1.79. The molecular weight excluding hydrogens is 776 g/mol. The first-order chi connectivity index (χ1) is 27.5. The van der Waals surface area contributed by atoms with E-state index in [1.54, 1.807) is 23.1 Å². The van der Waals surface area contributed by atoms with Gasteiger partial charge in [0.05, 0.1) is 47.7 Å². The van der Waals surface area contributed by atoms with Crippen LogP contribution in [0.4, 0.5) is 22.3 Å². The molecule has 0 radical (unpaired) electrons. The van der Waals surface area contributed by atoms with E-state index in [0.717, 1.165) is 27.7 Å². The van der Waals surface area contributed by atoms with E-state index < -0.39 is 29.7 Å². The number of para-hydroxylation sites is 1. The number of thiazole rings is 1. The van der Waals surface area contributed by atoms with Crippen molar-refractivity contribution in [1.29, 1.82) is 0 Å². The number of imide groups is 2. The number of ether oxygens (including phenoxy) is 2. The lowest BCUT2D eigenvalue weighted by Gasteiger charge is -2.35. The summed E-state index contributed by atoms with van der Waals surface area (Å²) in [4.78, 5) is 90.5. The van der Waals surface area contributed by atoms with E-state index in [9.17, 15) is 28.8 Å². The Bertz CT molecular complexity index is 2240. The number of piperidine rings is 1. The number of benzene rings is 2. The van der Waals surface area contributed by atoms with Gasteiger partial charge in [-0.3, -0.25) is 39.0 Å². The quantitative estimate of drug-likeness (QED) is 0.128. The summed E-state index contributed by atoms with van der Waals surface area (Å²) < 4.78 is 11.5. The third-order valence-electron chi connectivity index (χ3n) is 9.71. The van der Waals surface area contributed by atoms with Crippen molar-refractivity contribution in [3.8, 4) is 5.75 Å². The van der Waals surface area contributed by atoms with Crippen LogP contribution in [0.25, 0.3) is 0 Å². The Balaban J connectivity index is 0.842. The first kappa shape index (κ1) is 39.3. The van der Waals surface area contributed by atoms with Gasteiger partial charge in [0.25, 0.3) is 17.7 Å². The number of halogens is 1. The number of nitrogens with one attached hydrogen (secondary N) is 3. The van der Waals surface area contributed by atoms with E-state index in [-0.39, 0.29) is 67.8 Å². The Hall–Kier alpha value is -5.91. The Kier molecular flexibility index (Phi) is 11.8. The standard InChI is InChI=1S/C39H39ClN8O8S/c1-22-5-3-7-26(40)34(22)45-36(52)29-21-41-39(57-29)43-24-19-23(2)42-30(20-24)46-12-14-47(15-13-46)32(50)11-16-55-17-18-56-28-8-4-6-25-33(28)38(54)48(37(25)53)27-9-10-31(49)44-35(27)51/h3-8,19-21,27H,9-18H2,1-2H3,(H,45,52)(H,41,42,43)(H,44,49,51). The number of anilines is 4. The van der Waals surface area contributed by atoms with E-state index in [2.05, 4.69) is 25.8 Å². The van der Waals surface area contributed by atoms with Crippen LogP contribution in [-0.2, 0) is 19.1 Å². The molecule has 3 N–H and O–H groups in total. The molecule has 18 heteroatoms. The maximum Gasteiger partial charge on any atom is 0.267 e. The Labute approximate surface area is 336 Å². The summed E-state index contributed by atoms with van der Waals surface area (Å²) in [7, 11) is 0. The fraction of sp³-hybridized carbons (Fsp3) is 0.333. The van der Waals surface area contributed by atoms with E-state index in [1.165, 1.54) is 23.6 Å². The van der Waals surface area contributed by atoms with E-state index in [0.29, 0.717) is 46.9 Å². The largest absolute Gasteiger partial charge is 0.490 e. The lowest BCUT2D eigenvalue weighted by atomic mass is 10.0. The third kappa shape index (κ3) is 8.75. The molecule has 7 rings (SSSR count). The molecule has 1 unspecified atom stereocenters. The minimum Gasteiger partial charge on any atom is -0.490 e. The predicted octanol–water partition coefficient (Wildman–Crippen LogP) is 4.34. The van der Waals surface area contributed by atoms with Crippen LogP contribution in [0.15, 0.2) is 54.7 Å². The van der Waals surface area contributed by atoms with E-state index in [4.69, 9.17) is 26.1 Å². The molecule has 3 aliphatic heterocycles. The van der Waals surface area contributed by atoms with Gasteiger partial charge in [0.1, 0.15) is 29.1 Å². The number of nitrogens with zero attached hydrogens (tertiary/aromatic N) is 5. The van der Waals surface area contributed by atoms with Gasteiger partial charge < -0.3 is 29.9 Å². The maximum absolute atomic E-state index is 13.3. The second kappa shape index (κ2) is 17.1. The second-order valence-electron chi connectivity index (χ2n) is 13.6. The van der Waals surface area contributed by atoms with Crippen molar-refractivity contribution in [2.24, 2.45) is 0 Å². The van der Waals surface area contributed by atoms with Crippen molar-refractivity contribution in [1.82, 2.24) is 25.1 Å². The molecule has 2 aromatic carbocycles. The number of carbonyl (C=O) groups excluding carboxylic acids is 6. The van der Waals surface area contributed by atoms with Crippen molar-refractivity contribution in [3.05, 3.63) is 87.0 Å². The number of carbonyl (C=O) groups is 6. The number of aromatic nitrogens is 2. The van der Waals surface area contributed by atoms with Gasteiger partial charge in [-0.05, 0) is 50.1 Å². The summed E-state index contributed by atoms with van der Waals surface area (Å²) in [6, 6.07) is 12.8. The average Bonchev–Trinajstić information content (AvgIpc) is 3.76. The summed E-state index contributed by atoms with van der Waals surface area (Å²) in [6.45, 7) is 6.34. The van der Waals surface area contributed by atoms with Gasteiger partial charge in [0.15, 0.2) is 5.13 Å². The predicted molar refractivity (Wildman–Crippen MR) is 211 cm³/mol. The summed E-state index contributed by atoms with van der Waals surface area (Å²) >= 11 is 7.50. The highest BCUT2D eigenvalue weighted by atomic mass is 35.5. The Morgan fingerprint density at radius 2 is 1.77 bits per heavy atom. The van der Waals surface area contributed by atoms with Gasteiger partial charge >= 0.3 is 0 Å². The summed E-state index contributed by atoms with van der Waals surface area (Å²) in [5, 5.41) is 9.34. The van der Waals surface area contributed by atoms with Crippen LogP contribution in [0.3, 0.4) is 0 Å². The van der Waals surface area contributed by atoms with Crippen molar-refractivity contribution in [2.45, 2.75) is 39.2 Å². The fourth-order valence-electron chi connectivity index (χ4n) is 6.83. The van der Waals surface area contributed by atoms with Crippen LogP contribution in [0.2, 0.25) is 5.02 Å². The highest BCUT2D eigenvalue weighted by Crippen LogP contribution is 2.34. The fourth-order valence-corrected chi connectivity index (χ4v) is 7.83. The highest BCUT2D eigenvalue weighted by molar-refractivity contribution is 7.17. The molecule has 2 aromatic heterocycles. The molecule has 4 aromatic rings. The molecule has 0 saturated carbocycles. The SMILES string of the molecule is Cc1cc(Nc2ncc(C(=O)Nc3c(C)cccc3Cl)s2)cc(N2CCN(C(=O)CCOCCOc3cccc4c3C(=O)N(C3CCC(=O)NC3=O)C4=O)CC2)n1. The third-order valence-corrected chi connectivity index (χ3v) is 10.9. The average molecular weight is 815 g/mol. The summed E-state index contributed by atoms with van der Waals surface area (Å²) in [5.41, 5.74) is 3.18. The van der Waals surface area contributed by atoms with Crippen LogP contribution in [0.1, 0.15) is 60.9 Å². The van der Waals surface area contributed by atoms with Crippen LogP contribution in [0, 0.1) is 13.8 Å². The van der Waals surface area contributed by atoms with E-state index >= 15 is 0 Å². The molecule has 2 saturated heterocycles. The first-order valence-electron chi connectivity index (χ1n) is 18.3. The zero-order valence-corrected chi connectivity index (χ0v) is 32.7. The van der Waals surface area contributed by atoms with Crippen LogP contribution >= 0.6 is 22.9 Å². The Morgan fingerprint density at radius 3 is 2.54 bits per heavy atom. The smallest absolute Gasteiger partial charge is 0.267 e. The minimum absolute atomic E-state index is 0.0290. The van der Waals surface area contributed by atoms with Gasteiger partial charge in [0, 0.05) is 50.0 Å². The molecule has 5 heterocycles. The van der Waals surface area contributed by atoms with Crippen LogP contribution in [0.5, 0.6) is 5.75 Å². The zero-order valence-electron chi connectivity index (χ0n) is 31.1. The molecular formula is C39H39ClN8O8S. The van der Waals surface area contributed by atoms with Crippen molar-refractivity contribution < 1.29 is 38.2 Å². The number of piperazine rings is 1. The molecule has 1 atom stereocenters. The van der Waals surface area contributed by atoms with Crippen LogP contribution in [-0.4, -0.2) is 107 Å². The van der Waals surface area contributed by atoms with E-state index in [1.807, 2.05) is 38.1 Å². The van der Waals surface area contributed by atoms with Crippen molar-refractivity contribution in [2.75, 3.05) is 61.5 Å². The molecule has 16 nitrogen and oxygen atoms in total. The summed E-state index contributed by atoms with van der Waals surface area (Å²) in [6.07, 6.45) is 1.78. The molecule has 3 aliphatic rings. The first-order valence-corrected chi connectivity index (χ1v) is 19.5. The van der Waals surface area contributed by atoms with Gasteiger partial charge in [-0.1, -0.05) is 41.1 Å². The van der Waals surface area contributed by atoms with Crippen molar-refractivity contribution in [3.63, 3.8) is 0 Å². The number of amides is 6. The molecule has 2 fully saturated rings. The number of hydrogen-bond donors (Lipinski definition) is 3. The monoisotopic (exact) mass is 814 g/mol. The van der Waals surface area contributed by atoms with Gasteiger partial charge in [0.2, 0.25) is 17.7 Å². The molecule has 6 amide bonds. The minimum atomic E-state index is -1.07. The lowest BCUT2D eigenvalue weighted by molar-refractivity contribution is -0.136. The number of pyridine rings is 1. The van der Waals surface area contributed by atoms with Crippen molar-refractivity contribution >= 4 is 80.7 Å². The lowest BCUT2D eigenvalue weighted by Crippen LogP contribution is -2.54. The zero-order chi connectivity index (χ0) is 40.2. The molecule has 0 aliphatic carbocycles. The second-order valence-corrected chi connectivity index (χ2v) is 15.0. The highest BCUT2D eigenvalue weighted by Gasteiger charge is 2.46. The normalized spacial score (nSPS) is 16.8. The van der Waals surface area contributed by atoms with Crippen LogP contribution < -0.4 is 25.6 Å². The van der Waals surface area contributed by atoms with Gasteiger partial charge in [-0.25, -0.2) is 9.97 Å². The molecule has 0 spiro atoms. The van der Waals surface area contributed by atoms with Gasteiger partial charge in [-0.2, -0.15) is 0 Å². The maximum atomic E-state index is 13.3. The number of rotatable bonds is 13.